The summed E-state index contributed by atoms with van der Waals surface area (Å²) in [7, 11) is 3.07. The Morgan fingerprint density at radius 1 is 1.07 bits per heavy atom. The predicted octanol–water partition coefficient (Wildman–Crippen LogP) is 1.84. The van der Waals surface area contributed by atoms with Gasteiger partial charge in [-0.2, -0.15) is 0 Å². The zero-order valence-corrected chi connectivity index (χ0v) is 9.98. The molecule has 14 heavy (non-hydrogen) atoms. The number of ketones is 1. The Hall–Kier alpha value is 0.170. The highest BCUT2D eigenvalue weighted by molar-refractivity contribution is 6.18. The molecule has 0 radical (unpaired) electrons. The molecule has 0 aliphatic carbocycles. The van der Waals surface area contributed by atoms with E-state index in [1.54, 1.807) is 0 Å². The van der Waals surface area contributed by atoms with E-state index in [4.69, 9.17) is 32.7 Å². The van der Waals surface area contributed by atoms with E-state index in [0.717, 1.165) is 0 Å². The predicted molar refractivity (Wildman–Crippen MR) is 57.3 cm³/mol. The van der Waals surface area contributed by atoms with Crippen molar-refractivity contribution >= 4 is 29.0 Å². The van der Waals surface area contributed by atoms with Gasteiger partial charge in [0.1, 0.15) is 5.78 Å². The zero-order valence-electron chi connectivity index (χ0n) is 8.46. The first kappa shape index (κ1) is 14.2. The minimum absolute atomic E-state index is 0.0602. The molecule has 2 unspecified atom stereocenters. The average Bonchev–Trinajstić information content (AvgIpc) is 2.22. The highest BCUT2D eigenvalue weighted by Crippen LogP contribution is 2.07. The van der Waals surface area contributed by atoms with Gasteiger partial charge < -0.3 is 9.47 Å². The lowest BCUT2D eigenvalue weighted by Crippen LogP contribution is -2.23. The van der Waals surface area contributed by atoms with E-state index in [0.29, 0.717) is 24.6 Å². The Morgan fingerprint density at radius 2 is 1.43 bits per heavy atom. The van der Waals surface area contributed by atoms with E-state index in [1.807, 2.05) is 0 Å². The largest absolute Gasteiger partial charge is 0.380 e. The van der Waals surface area contributed by atoms with Gasteiger partial charge in [-0.3, -0.25) is 4.79 Å². The topological polar surface area (TPSA) is 35.5 Å². The van der Waals surface area contributed by atoms with Gasteiger partial charge in [-0.15, -0.1) is 23.2 Å². The molecule has 5 heteroatoms. The molecule has 0 aliphatic heterocycles. The zero-order chi connectivity index (χ0) is 11.0. The van der Waals surface area contributed by atoms with Gasteiger partial charge in [-0.25, -0.2) is 0 Å². The molecule has 0 bridgehead atoms. The fraction of sp³-hybridized carbons (Fsp3) is 0.889. The average molecular weight is 243 g/mol. The molecule has 0 aliphatic rings. The van der Waals surface area contributed by atoms with E-state index < -0.39 is 0 Å². The first-order valence-electron chi connectivity index (χ1n) is 4.37. The number of alkyl halides is 2. The lowest BCUT2D eigenvalue weighted by Gasteiger charge is -2.14. The molecular formula is C9H16Cl2O3. The summed E-state index contributed by atoms with van der Waals surface area (Å²) in [6, 6.07) is 0. The summed E-state index contributed by atoms with van der Waals surface area (Å²) in [5.74, 6) is 0.701. The second-order valence-electron chi connectivity index (χ2n) is 2.97. The first-order chi connectivity index (χ1) is 6.67. The van der Waals surface area contributed by atoms with Crippen molar-refractivity contribution in [2.24, 2.45) is 0 Å². The van der Waals surface area contributed by atoms with Crippen molar-refractivity contribution in [1.82, 2.24) is 0 Å². The van der Waals surface area contributed by atoms with Gasteiger partial charge in [0, 0.05) is 38.8 Å². The number of halogens is 2. The fourth-order valence-corrected chi connectivity index (χ4v) is 1.46. The summed E-state index contributed by atoms with van der Waals surface area (Å²) in [4.78, 5) is 11.4. The molecule has 0 fully saturated rings. The Kier molecular flexibility index (Phi) is 8.58. The van der Waals surface area contributed by atoms with E-state index in [2.05, 4.69) is 0 Å². The minimum Gasteiger partial charge on any atom is -0.380 e. The van der Waals surface area contributed by atoms with Crippen molar-refractivity contribution in [3.05, 3.63) is 0 Å². The van der Waals surface area contributed by atoms with Gasteiger partial charge in [0.05, 0.1) is 12.2 Å². The van der Waals surface area contributed by atoms with Crippen LogP contribution in [0.15, 0.2) is 0 Å². The van der Waals surface area contributed by atoms with Crippen LogP contribution in [0, 0.1) is 0 Å². The van der Waals surface area contributed by atoms with Crippen molar-refractivity contribution < 1.29 is 14.3 Å². The third-order valence-electron chi connectivity index (χ3n) is 1.92. The number of hydrogen-bond donors (Lipinski definition) is 0. The maximum atomic E-state index is 11.4. The van der Waals surface area contributed by atoms with Crippen molar-refractivity contribution in [2.45, 2.75) is 25.0 Å². The highest BCUT2D eigenvalue weighted by atomic mass is 35.5. The number of rotatable bonds is 8. The lowest BCUT2D eigenvalue weighted by atomic mass is 10.1. The van der Waals surface area contributed by atoms with Crippen LogP contribution in [0.1, 0.15) is 12.8 Å². The van der Waals surface area contributed by atoms with Gasteiger partial charge in [0.15, 0.2) is 0 Å². The molecule has 0 saturated carbocycles. The molecule has 3 nitrogen and oxygen atoms in total. The van der Waals surface area contributed by atoms with Gasteiger partial charge in [-0.1, -0.05) is 0 Å². The van der Waals surface area contributed by atoms with Gasteiger partial charge in [0.25, 0.3) is 0 Å². The molecule has 0 aromatic carbocycles. The summed E-state index contributed by atoms with van der Waals surface area (Å²) in [5.41, 5.74) is 0. The molecule has 0 aromatic heterocycles. The van der Waals surface area contributed by atoms with Gasteiger partial charge >= 0.3 is 0 Å². The summed E-state index contributed by atoms with van der Waals surface area (Å²) in [6.45, 7) is 0. The second kappa shape index (κ2) is 8.48. The van der Waals surface area contributed by atoms with Crippen LogP contribution in [0.4, 0.5) is 0 Å². The fourth-order valence-electron chi connectivity index (χ4n) is 0.993. The summed E-state index contributed by atoms with van der Waals surface area (Å²) in [5, 5.41) is 0. The molecule has 2 atom stereocenters. The molecule has 0 aromatic rings. The molecule has 84 valence electrons. The van der Waals surface area contributed by atoms with E-state index in [9.17, 15) is 4.79 Å². The first-order valence-corrected chi connectivity index (χ1v) is 5.44. The molecule has 0 N–H and O–H groups in total. The van der Waals surface area contributed by atoms with Gasteiger partial charge in [0.2, 0.25) is 0 Å². The maximum Gasteiger partial charge on any atom is 0.138 e. The number of methoxy groups -OCH3 is 2. The second-order valence-corrected chi connectivity index (χ2v) is 3.59. The Bertz CT molecular complexity index is 140. The third kappa shape index (κ3) is 5.81. The van der Waals surface area contributed by atoms with Crippen LogP contribution in [-0.4, -0.2) is 44.0 Å². The lowest BCUT2D eigenvalue weighted by molar-refractivity contribution is -0.123. The number of hydrogen-bond acceptors (Lipinski definition) is 3. The molecule has 0 rings (SSSR count). The van der Waals surface area contributed by atoms with E-state index >= 15 is 0 Å². The van der Waals surface area contributed by atoms with Crippen LogP contribution in [-0.2, 0) is 14.3 Å². The van der Waals surface area contributed by atoms with Crippen LogP contribution < -0.4 is 0 Å². The molecule has 0 heterocycles. The van der Waals surface area contributed by atoms with Gasteiger partial charge in [-0.05, 0) is 0 Å². The molecule has 0 amide bonds. The van der Waals surface area contributed by atoms with E-state index in [1.165, 1.54) is 14.2 Å². The van der Waals surface area contributed by atoms with Crippen LogP contribution >= 0.6 is 23.2 Å². The third-order valence-corrected chi connectivity index (χ3v) is 2.61. The standard InChI is InChI=1S/C9H16Cl2O3/c1-13-8(5-10)3-7(12)4-9(6-11)14-2/h8-9H,3-6H2,1-2H3. The smallest absolute Gasteiger partial charge is 0.138 e. The number of carbonyl (C=O) groups is 1. The Balaban J connectivity index is 3.83. The normalized spacial score (nSPS) is 15.1. The number of carbonyl (C=O) groups excluding carboxylic acids is 1. The van der Waals surface area contributed by atoms with Crippen LogP contribution in [0.5, 0.6) is 0 Å². The van der Waals surface area contributed by atoms with E-state index in [-0.39, 0.29) is 18.0 Å². The summed E-state index contributed by atoms with van der Waals surface area (Å²) in [6.07, 6.45) is 0.210. The Labute approximate surface area is 94.7 Å². The summed E-state index contributed by atoms with van der Waals surface area (Å²) >= 11 is 11.2. The number of Topliss-reactive ketones (excluding diaryl/α,β-unsaturated/α-hetero) is 1. The highest BCUT2D eigenvalue weighted by Gasteiger charge is 2.16. The van der Waals surface area contributed by atoms with Crippen LogP contribution in [0.2, 0.25) is 0 Å². The van der Waals surface area contributed by atoms with Crippen molar-refractivity contribution in [3.63, 3.8) is 0 Å². The van der Waals surface area contributed by atoms with Crippen molar-refractivity contribution in [3.8, 4) is 0 Å². The van der Waals surface area contributed by atoms with Crippen molar-refractivity contribution in [2.75, 3.05) is 26.0 Å². The molecular weight excluding hydrogens is 227 g/mol. The number of ether oxygens (including phenoxy) is 2. The summed E-state index contributed by atoms with van der Waals surface area (Å²) < 4.78 is 9.98. The molecule has 0 spiro atoms. The minimum atomic E-state index is -0.211. The quantitative estimate of drug-likeness (QED) is 0.610. The maximum absolute atomic E-state index is 11.4. The van der Waals surface area contributed by atoms with Crippen LogP contribution in [0.25, 0.3) is 0 Å². The van der Waals surface area contributed by atoms with Crippen molar-refractivity contribution in [1.29, 1.82) is 0 Å². The molecule has 0 saturated heterocycles. The SMILES string of the molecule is COC(CCl)CC(=O)CC(CCl)OC. The van der Waals surface area contributed by atoms with Crippen LogP contribution in [0.3, 0.4) is 0 Å². The monoisotopic (exact) mass is 242 g/mol. The Morgan fingerprint density at radius 3 is 1.64 bits per heavy atom.